The first-order valence-electron chi connectivity index (χ1n) is 7.68. The molecule has 7 heteroatoms. The first-order valence-corrected chi connectivity index (χ1v) is 8.49. The molecule has 2 N–H and O–H groups in total. The van der Waals surface area contributed by atoms with Crippen LogP contribution in [0.5, 0.6) is 0 Å². The molecule has 1 aliphatic rings. The summed E-state index contributed by atoms with van der Waals surface area (Å²) in [6, 6.07) is 5.19. The Hall–Kier alpha value is -2.28. The zero-order chi connectivity index (χ0) is 16.4. The van der Waals surface area contributed by atoms with Crippen molar-refractivity contribution in [3.63, 3.8) is 0 Å². The second-order valence-corrected chi connectivity index (χ2v) is 6.52. The fourth-order valence-electron chi connectivity index (χ4n) is 2.63. The van der Waals surface area contributed by atoms with Crippen LogP contribution < -0.4 is 10.6 Å². The van der Waals surface area contributed by atoms with Crippen LogP contribution in [-0.4, -0.2) is 22.0 Å². The van der Waals surface area contributed by atoms with E-state index in [1.54, 1.807) is 18.2 Å². The van der Waals surface area contributed by atoms with Crippen LogP contribution in [0.3, 0.4) is 0 Å². The summed E-state index contributed by atoms with van der Waals surface area (Å²) in [6.07, 6.45) is 2.32. The van der Waals surface area contributed by atoms with E-state index >= 15 is 0 Å². The summed E-state index contributed by atoms with van der Waals surface area (Å²) in [4.78, 5) is 23.7. The van der Waals surface area contributed by atoms with Crippen LogP contribution in [0.25, 0.3) is 0 Å². The van der Waals surface area contributed by atoms with Gasteiger partial charge >= 0.3 is 0 Å². The topological polar surface area (TPSA) is 84.0 Å². The average molecular weight is 330 g/mol. The Balaban J connectivity index is 1.73. The standard InChI is InChI=1S/C16H18N4O2S/c1-3-9(4-2)15-19-20-16(23-15)18-14(22)10-5-6-12-11(7-10)8-13(21)17-12/h5-7,9H,3-4,8H2,1-2H3,(H,17,21)(H,18,20,22). The third-order valence-corrected chi connectivity index (χ3v) is 4.99. The van der Waals surface area contributed by atoms with Crippen molar-refractivity contribution >= 4 is 34.0 Å². The Morgan fingerprint density at radius 2 is 2.13 bits per heavy atom. The Kier molecular flexibility index (Phi) is 4.38. The first kappa shape index (κ1) is 15.6. The summed E-state index contributed by atoms with van der Waals surface area (Å²) in [5, 5.41) is 15.2. The SMILES string of the molecule is CCC(CC)c1nnc(NC(=O)c2ccc3c(c2)CC(=O)N3)s1. The summed E-state index contributed by atoms with van der Waals surface area (Å²) in [5.41, 5.74) is 2.13. The lowest BCUT2D eigenvalue weighted by Crippen LogP contribution is -2.11. The molecule has 2 heterocycles. The third-order valence-electron chi connectivity index (χ3n) is 3.99. The van der Waals surface area contributed by atoms with E-state index in [0.29, 0.717) is 23.0 Å². The zero-order valence-corrected chi connectivity index (χ0v) is 13.9. The second kappa shape index (κ2) is 6.45. The molecule has 120 valence electrons. The van der Waals surface area contributed by atoms with Gasteiger partial charge in [-0.2, -0.15) is 0 Å². The number of aromatic nitrogens is 2. The van der Waals surface area contributed by atoms with Gasteiger partial charge in [-0.15, -0.1) is 10.2 Å². The summed E-state index contributed by atoms with van der Waals surface area (Å²) >= 11 is 1.42. The van der Waals surface area contributed by atoms with Crippen molar-refractivity contribution in [3.8, 4) is 0 Å². The van der Waals surface area contributed by atoms with Crippen molar-refractivity contribution in [1.29, 1.82) is 0 Å². The van der Waals surface area contributed by atoms with E-state index in [4.69, 9.17) is 0 Å². The lowest BCUT2D eigenvalue weighted by Gasteiger charge is -2.06. The van der Waals surface area contributed by atoms with Gasteiger partial charge < -0.3 is 5.32 Å². The molecular weight excluding hydrogens is 312 g/mol. The first-order chi connectivity index (χ1) is 11.1. The van der Waals surface area contributed by atoms with Crippen LogP contribution in [0.1, 0.15) is 53.5 Å². The molecule has 1 aromatic heterocycles. The van der Waals surface area contributed by atoms with Gasteiger partial charge in [-0.1, -0.05) is 25.2 Å². The largest absolute Gasteiger partial charge is 0.326 e. The van der Waals surface area contributed by atoms with Crippen molar-refractivity contribution in [2.75, 3.05) is 10.6 Å². The highest BCUT2D eigenvalue weighted by atomic mass is 32.1. The maximum atomic E-state index is 12.3. The fraction of sp³-hybridized carbons (Fsp3) is 0.375. The predicted octanol–water partition coefficient (Wildman–Crippen LogP) is 3.19. The van der Waals surface area contributed by atoms with Gasteiger partial charge in [0.1, 0.15) is 5.01 Å². The maximum absolute atomic E-state index is 12.3. The van der Waals surface area contributed by atoms with Gasteiger partial charge in [-0.05, 0) is 36.6 Å². The molecule has 0 radical (unpaired) electrons. The van der Waals surface area contributed by atoms with Crippen LogP contribution in [0.2, 0.25) is 0 Å². The van der Waals surface area contributed by atoms with Gasteiger partial charge in [-0.3, -0.25) is 14.9 Å². The summed E-state index contributed by atoms with van der Waals surface area (Å²) in [5.74, 6) is 0.103. The molecule has 1 aromatic carbocycles. The summed E-state index contributed by atoms with van der Waals surface area (Å²) < 4.78 is 0. The Labute approximate surface area is 138 Å². The van der Waals surface area contributed by atoms with E-state index in [2.05, 4.69) is 34.7 Å². The zero-order valence-electron chi connectivity index (χ0n) is 13.0. The molecular formula is C16H18N4O2S. The van der Waals surface area contributed by atoms with Gasteiger partial charge in [0.05, 0.1) is 6.42 Å². The molecule has 0 fully saturated rings. The summed E-state index contributed by atoms with van der Waals surface area (Å²) in [7, 11) is 0. The van der Waals surface area contributed by atoms with Gasteiger partial charge in [0.15, 0.2) is 0 Å². The Morgan fingerprint density at radius 3 is 2.87 bits per heavy atom. The maximum Gasteiger partial charge on any atom is 0.257 e. The quantitative estimate of drug-likeness (QED) is 0.882. The molecule has 23 heavy (non-hydrogen) atoms. The molecule has 2 amide bonds. The minimum atomic E-state index is -0.237. The number of rotatable bonds is 5. The molecule has 0 spiro atoms. The van der Waals surface area contributed by atoms with Gasteiger partial charge in [-0.25, -0.2) is 0 Å². The number of amides is 2. The number of fused-ring (bicyclic) bond motifs is 1. The highest BCUT2D eigenvalue weighted by molar-refractivity contribution is 7.15. The van der Waals surface area contributed by atoms with Crippen LogP contribution >= 0.6 is 11.3 Å². The highest BCUT2D eigenvalue weighted by Gasteiger charge is 2.20. The average Bonchev–Trinajstić information content (AvgIpc) is 3.13. The number of carbonyl (C=O) groups excluding carboxylic acids is 2. The third kappa shape index (κ3) is 3.24. The number of anilines is 2. The van der Waals surface area contributed by atoms with Crippen molar-refractivity contribution < 1.29 is 9.59 Å². The van der Waals surface area contributed by atoms with E-state index in [0.717, 1.165) is 29.1 Å². The molecule has 0 saturated carbocycles. The molecule has 0 atom stereocenters. The smallest absolute Gasteiger partial charge is 0.257 e. The highest BCUT2D eigenvalue weighted by Crippen LogP contribution is 2.29. The monoisotopic (exact) mass is 330 g/mol. The fourth-order valence-corrected chi connectivity index (χ4v) is 3.63. The molecule has 0 saturated heterocycles. The Morgan fingerprint density at radius 1 is 1.35 bits per heavy atom. The minimum absolute atomic E-state index is 0.0449. The molecule has 1 aliphatic heterocycles. The van der Waals surface area contributed by atoms with Crippen molar-refractivity contribution in [2.45, 2.75) is 39.0 Å². The van der Waals surface area contributed by atoms with Crippen molar-refractivity contribution in [2.24, 2.45) is 0 Å². The molecule has 0 unspecified atom stereocenters. The molecule has 0 bridgehead atoms. The van der Waals surface area contributed by atoms with Crippen LogP contribution in [0, 0.1) is 0 Å². The van der Waals surface area contributed by atoms with E-state index in [-0.39, 0.29) is 11.8 Å². The van der Waals surface area contributed by atoms with E-state index < -0.39 is 0 Å². The Bertz CT molecular complexity index is 752. The predicted molar refractivity (Wildman–Crippen MR) is 90.0 cm³/mol. The van der Waals surface area contributed by atoms with E-state index in [1.807, 2.05) is 0 Å². The normalized spacial score (nSPS) is 13.1. The molecule has 3 rings (SSSR count). The number of benzene rings is 1. The number of hydrogen-bond donors (Lipinski definition) is 2. The van der Waals surface area contributed by atoms with Crippen molar-refractivity contribution in [3.05, 3.63) is 34.3 Å². The van der Waals surface area contributed by atoms with Crippen LogP contribution in [-0.2, 0) is 11.2 Å². The molecule has 2 aromatic rings. The molecule has 0 aliphatic carbocycles. The molecule has 6 nitrogen and oxygen atoms in total. The minimum Gasteiger partial charge on any atom is -0.326 e. The lowest BCUT2D eigenvalue weighted by molar-refractivity contribution is -0.115. The van der Waals surface area contributed by atoms with Gasteiger partial charge in [0, 0.05) is 17.2 Å². The van der Waals surface area contributed by atoms with Gasteiger partial charge in [0.25, 0.3) is 5.91 Å². The van der Waals surface area contributed by atoms with Gasteiger partial charge in [0.2, 0.25) is 11.0 Å². The second-order valence-electron chi connectivity index (χ2n) is 5.51. The summed E-state index contributed by atoms with van der Waals surface area (Å²) in [6.45, 7) is 4.24. The van der Waals surface area contributed by atoms with E-state index in [1.165, 1.54) is 11.3 Å². The number of nitrogens with zero attached hydrogens (tertiary/aromatic N) is 2. The number of hydrogen-bond acceptors (Lipinski definition) is 5. The number of carbonyl (C=O) groups is 2. The lowest BCUT2D eigenvalue weighted by atomic mass is 10.1. The number of nitrogens with one attached hydrogen (secondary N) is 2. The van der Waals surface area contributed by atoms with Crippen LogP contribution in [0.4, 0.5) is 10.8 Å². The van der Waals surface area contributed by atoms with Crippen LogP contribution in [0.15, 0.2) is 18.2 Å². The van der Waals surface area contributed by atoms with Crippen molar-refractivity contribution in [1.82, 2.24) is 10.2 Å². The van der Waals surface area contributed by atoms with E-state index in [9.17, 15) is 9.59 Å².